The summed E-state index contributed by atoms with van der Waals surface area (Å²) in [4.78, 5) is 0. The molecule has 0 aromatic heterocycles. The van der Waals surface area contributed by atoms with Gasteiger partial charge in [-0.15, -0.1) is 0 Å². The van der Waals surface area contributed by atoms with Crippen molar-refractivity contribution in [3.05, 3.63) is 35.9 Å². The van der Waals surface area contributed by atoms with Crippen LogP contribution in [0.2, 0.25) is 0 Å². The van der Waals surface area contributed by atoms with E-state index in [1.807, 2.05) is 0 Å². The fourth-order valence-corrected chi connectivity index (χ4v) is 2.36. The molecule has 1 N–H and O–H groups in total. The van der Waals surface area contributed by atoms with Crippen LogP contribution in [0.15, 0.2) is 30.3 Å². The van der Waals surface area contributed by atoms with Crippen molar-refractivity contribution in [1.29, 1.82) is 0 Å². The number of hydrogen-bond acceptors (Lipinski definition) is 1. The van der Waals surface area contributed by atoms with Gasteiger partial charge in [0.05, 0.1) is 0 Å². The summed E-state index contributed by atoms with van der Waals surface area (Å²) in [7, 11) is 0. The van der Waals surface area contributed by atoms with Gasteiger partial charge < -0.3 is 5.32 Å². The standard InChI is InChI=1S/C13H19N/c1-13(2)8-9-14-10-12(13)11-6-4-3-5-7-11/h3-7,12,14H,8-10H2,1-2H3. The Balaban J connectivity index is 2.24. The molecule has 1 nitrogen and oxygen atoms in total. The zero-order chi connectivity index (χ0) is 10.0. The lowest BCUT2D eigenvalue weighted by atomic mass is 9.71. The van der Waals surface area contributed by atoms with Crippen LogP contribution < -0.4 is 5.32 Å². The van der Waals surface area contributed by atoms with E-state index in [-0.39, 0.29) is 0 Å². The maximum absolute atomic E-state index is 3.49. The van der Waals surface area contributed by atoms with Crippen LogP contribution in [0.25, 0.3) is 0 Å². The second-order valence-electron chi connectivity index (χ2n) is 4.91. The fourth-order valence-electron chi connectivity index (χ4n) is 2.36. The van der Waals surface area contributed by atoms with Gasteiger partial charge in [-0.1, -0.05) is 44.2 Å². The van der Waals surface area contributed by atoms with E-state index < -0.39 is 0 Å². The van der Waals surface area contributed by atoms with Gasteiger partial charge in [0, 0.05) is 12.5 Å². The highest BCUT2D eigenvalue weighted by molar-refractivity contribution is 5.22. The van der Waals surface area contributed by atoms with Gasteiger partial charge in [-0.3, -0.25) is 0 Å². The first-order valence-electron chi connectivity index (χ1n) is 5.46. The second kappa shape index (κ2) is 3.74. The van der Waals surface area contributed by atoms with Gasteiger partial charge in [0.25, 0.3) is 0 Å². The maximum Gasteiger partial charge on any atom is 0.00253 e. The summed E-state index contributed by atoms with van der Waals surface area (Å²) in [6.45, 7) is 7.05. The van der Waals surface area contributed by atoms with E-state index in [0.717, 1.165) is 13.1 Å². The molecular formula is C13H19N. The Labute approximate surface area is 86.5 Å². The van der Waals surface area contributed by atoms with Gasteiger partial charge in [-0.25, -0.2) is 0 Å². The molecule has 0 aliphatic carbocycles. The van der Waals surface area contributed by atoms with E-state index in [0.29, 0.717) is 11.3 Å². The van der Waals surface area contributed by atoms with Crippen molar-refractivity contribution in [2.75, 3.05) is 13.1 Å². The zero-order valence-corrected chi connectivity index (χ0v) is 9.09. The molecule has 0 bridgehead atoms. The van der Waals surface area contributed by atoms with Crippen LogP contribution >= 0.6 is 0 Å². The van der Waals surface area contributed by atoms with E-state index in [1.165, 1.54) is 12.0 Å². The Hall–Kier alpha value is -0.820. The van der Waals surface area contributed by atoms with E-state index in [2.05, 4.69) is 49.5 Å². The Morgan fingerprint density at radius 2 is 1.93 bits per heavy atom. The topological polar surface area (TPSA) is 12.0 Å². The fraction of sp³-hybridized carbons (Fsp3) is 0.538. The molecule has 0 amide bonds. The van der Waals surface area contributed by atoms with Crippen molar-refractivity contribution in [2.45, 2.75) is 26.2 Å². The van der Waals surface area contributed by atoms with Gasteiger partial charge in [0.1, 0.15) is 0 Å². The first-order chi connectivity index (χ1) is 6.70. The third-order valence-electron chi connectivity index (χ3n) is 3.44. The molecule has 1 saturated heterocycles. The monoisotopic (exact) mass is 189 g/mol. The van der Waals surface area contributed by atoms with Crippen LogP contribution in [0.1, 0.15) is 31.7 Å². The van der Waals surface area contributed by atoms with Crippen molar-refractivity contribution < 1.29 is 0 Å². The molecule has 1 aromatic carbocycles. The Bertz CT molecular complexity index is 289. The highest BCUT2D eigenvalue weighted by Crippen LogP contribution is 2.39. The van der Waals surface area contributed by atoms with Crippen LogP contribution in [0, 0.1) is 5.41 Å². The Morgan fingerprint density at radius 3 is 2.57 bits per heavy atom. The Kier molecular flexibility index (Phi) is 2.60. The maximum atomic E-state index is 3.49. The number of piperidine rings is 1. The molecule has 1 fully saturated rings. The summed E-state index contributed by atoms with van der Waals surface area (Å²) in [6.07, 6.45) is 1.27. The van der Waals surface area contributed by atoms with Crippen LogP contribution in [-0.4, -0.2) is 13.1 Å². The predicted molar refractivity (Wildman–Crippen MR) is 60.5 cm³/mol. The summed E-state index contributed by atoms with van der Waals surface area (Å²) in [6, 6.07) is 10.9. The largest absolute Gasteiger partial charge is 0.316 e. The number of nitrogens with one attached hydrogen (secondary N) is 1. The highest BCUT2D eigenvalue weighted by atomic mass is 14.9. The summed E-state index contributed by atoms with van der Waals surface area (Å²) in [5.74, 6) is 0.664. The molecule has 1 aliphatic rings. The molecule has 1 aromatic rings. The Morgan fingerprint density at radius 1 is 1.21 bits per heavy atom. The van der Waals surface area contributed by atoms with Crippen molar-refractivity contribution in [2.24, 2.45) is 5.41 Å². The molecule has 0 saturated carbocycles. The molecule has 1 aliphatic heterocycles. The van der Waals surface area contributed by atoms with E-state index in [1.54, 1.807) is 0 Å². The van der Waals surface area contributed by atoms with Crippen molar-refractivity contribution in [3.8, 4) is 0 Å². The first kappa shape index (κ1) is 9.72. The van der Waals surface area contributed by atoms with Crippen molar-refractivity contribution in [3.63, 3.8) is 0 Å². The average Bonchev–Trinajstić information content (AvgIpc) is 2.18. The van der Waals surface area contributed by atoms with Crippen LogP contribution in [0.4, 0.5) is 0 Å². The lowest BCUT2D eigenvalue weighted by Gasteiger charge is -2.39. The van der Waals surface area contributed by atoms with Crippen LogP contribution in [0.5, 0.6) is 0 Å². The van der Waals surface area contributed by atoms with E-state index in [9.17, 15) is 0 Å². The molecule has 14 heavy (non-hydrogen) atoms. The predicted octanol–water partition coefficient (Wildman–Crippen LogP) is 2.79. The summed E-state index contributed by atoms with van der Waals surface area (Å²) in [5, 5.41) is 3.49. The number of rotatable bonds is 1. The van der Waals surface area contributed by atoms with Crippen molar-refractivity contribution in [1.82, 2.24) is 5.32 Å². The molecule has 0 spiro atoms. The van der Waals surface area contributed by atoms with Crippen LogP contribution in [0.3, 0.4) is 0 Å². The molecular weight excluding hydrogens is 170 g/mol. The molecule has 1 unspecified atom stereocenters. The molecule has 0 radical (unpaired) electrons. The molecule has 1 heterocycles. The molecule has 1 atom stereocenters. The third-order valence-corrected chi connectivity index (χ3v) is 3.44. The van der Waals surface area contributed by atoms with Gasteiger partial charge in [0.2, 0.25) is 0 Å². The van der Waals surface area contributed by atoms with Gasteiger partial charge in [0.15, 0.2) is 0 Å². The summed E-state index contributed by atoms with van der Waals surface area (Å²) < 4.78 is 0. The first-order valence-corrected chi connectivity index (χ1v) is 5.46. The van der Waals surface area contributed by atoms with Crippen molar-refractivity contribution >= 4 is 0 Å². The SMILES string of the molecule is CC1(C)CCNCC1c1ccccc1. The number of hydrogen-bond donors (Lipinski definition) is 1. The lowest BCUT2D eigenvalue weighted by Crippen LogP contribution is -2.40. The minimum Gasteiger partial charge on any atom is -0.316 e. The third kappa shape index (κ3) is 1.83. The molecule has 2 rings (SSSR count). The van der Waals surface area contributed by atoms with Gasteiger partial charge in [-0.05, 0) is 23.9 Å². The minimum atomic E-state index is 0.437. The summed E-state index contributed by atoms with van der Waals surface area (Å²) in [5.41, 5.74) is 1.91. The van der Waals surface area contributed by atoms with E-state index >= 15 is 0 Å². The average molecular weight is 189 g/mol. The second-order valence-corrected chi connectivity index (χ2v) is 4.91. The minimum absolute atomic E-state index is 0.437. The molecule has 76 valence electrons. The van der Waals surface area contributed by atoms with Gasteiger partial charge >= 0.3 is 0 Å². The zero-order valence-electron chi connectivity index (χ0n) is 9.09. The summed E-state index contributed by atoms with van der Waals surface area (Å²) >= 11 is 0. The van der Waals surface area contributed by atoms with Gasteiger partial charge in [-0.2, -0.15) is 0 Å². The highest BCUT2D eigenvalue weighted by Gasteiger charge is 2.32. The lowest BCUT2D eigenvalue weighted by molar-refractivity contribution is 0.214. The smallest absolute Gasteiger partial charge is 0.00253 e. The van der Waals surface area contributed by atoms with Crippen LogP contribution in [-0.2, 0) is 0 Å². The normalized spacial score (nSPS) is 26.0. The quantitative estimate of drug-likeness (QED) is 0.716. The number of benzene rings is 1. The molecule has 1 heteroatoms. The van der Waals surface area contributed by atoms with E-state index in [4.69, 9.17) is 0 Å².